The van der Waals surface area contributed by atoms with Crippen LogP contribution >= 0.6 is 0 Å². The number of oxazole rings is 1. The molecule has 0 aliphatic carbocycles. The number of carbonyl (C=O) groups is 2. The fourth-order valence-corrected chi connectivity index (χ4v) is 4.30. The van der Waals surface area contributed by atoms with E-state index in [0.29, 0.717) is 56.3 Å². The van der Waals surface area contributed by atoms with Crippen molar-refractivity contribution in [2.24, 2.45) is 0 Å². The van der Waals surface area contributed by atoms with Gasteiger partial charge in [-0.1, -0.05) is 43.7 Å². The number of rotatable bonds is 9. The lowest BCUT2D eigenvalue weighted by molar-refractivity contribution is 0.0690. The van der Waals surface area contributed by atoms with E-state index >= 15 is 0 Å². The zero-order valence-electron chi connectivity index (χ0n) is 21.3. The molecule has 3 aromatic rings. The molecule has 196 valence electrons. The van der Waals surface area contributed by atoms with E-state index in [1.807, 2.05) is 44.2 Å². The van der Waals surface area contributed by atoms with Gasteiger partial charge in [0.05, 0.1) is 5.69 Å². The average molecular weight is 509 g/mol. The Hall–Kier alpha value is -3.72. The molecule has 37 heavy (non-hydrogen) atoms. The van der Waals surface area contributed by atoms with E-state index in [0.717, 1.165) is 12.0 Å². The second-order valence-corrected chi connectivity index (χ2v) is 9.25. The molecule has 4 rings (SSSR count). The van der Waals surface area contributed by atoms with Gasteiger partial charge in [-0.05, 0) is 43.2 Å². The summed E-state index contributed by atoms with van der Waals surface area (Å²) < 4.78 is 24.5. The second kappa shape index (κ2) is 12.5. The maximum atomic E-state index is 13.3. The van der Waals surface area contributed by atoms with Crippen molar-refractivity contribution in [3.05, 3.63) is 77.4 Å². The highest BCUT2D eigenvalue weighted by Gasteiger charge is 2.25. The highest BCUT2D eigenvalue weighted by Crippen LogP contribution is 2.23. The monoisotopic (exact) mass is 508 g/mol. The molecule has 8 nitrogen and oxygen atoms in total. The molecule has 0 unspecified atom stereocenters. The molecule has 1 fully saturated rings. The molecule has 0 spiro atoms. The van der Waals surface area contributed by atoms with E-state index in [9.17, 15) is 14.0 Å². The highest BCUT2D eigenvalue weighted by molar-refractivity contribution is 5.93. The molecule has 1 aromatic heterocycles. The number of halogens is 1. The molecule has 1 saturated heterocycles. The molecule has 1 N–H and O–H groups in total. The Labute approximate surface area is 216 Å². The van der Waals surface area contributed by atoms with Gasteiger partial charge < -0.3 is 19.4 Å². The molecule has 0 bridgehead atoms. The van der Waals surface area contributed by atoms with Crippen LogP contribution in [0.25, 0.3) is 11.5 Å². The van der Waals surface area contributed by atoms with Gasteiger partial charge in [0.2, 0.25) is 11.7 Å². The second-order valence-electron chi connectivity index (χ2n) is 9.25. The molecule has 2 aromatic carbocycles. The number of nitrogens with one attached hydrogen (secondary N) is 1. The minimum absolute atomic E-state index is 0.141. The first-order valence-electron chi connectivity index (χ1n) is 12.7. The zero-order valence-corrected chi connectivity index (χ0v) is 21.3. The number of aryl methyl sites for hydroxylation is 1. The van der Waals surface area contributed by atoms with Gasteiger partial charge in [-0.2, -0.15) is 0 Å². The van der Waals surface area contributed by atoms with E-state index in [1.54, 1.807) is 17.0 Å². The summed E-state index contributed by atoms with van der Waals surface area (Å²) in [5, 5.41) is 3.01. The van der Waals surface area contributed by atoms with Crippen molar-refractivity contribution in [2.75, 3.05) is 32.7 Å². The zero-order chi connectivity index (χ0) is 26.2. The third-order valence-corrected chi connectivity index (χ3v) is 6.23. The topological polar surface area (TPSA) is 87.9 Å². The van der Waals surface area contributed by atoms with E-state index in [2.05, 4.69) is 15.2 Å². The first-order chi connectivity index (χ1) is 17.9. The Bertz CT molecular complexity index is 1170. The standard InChI is InChI=1S/C28H33FN4O4/c1-3-7-24-25(37-27(31-24)22-10-12-23(29)13-11-22)26(34)30-20(2)18-32-14-16-33(17-15-32)28(35)36-19-21-8-5-4-6-9-21/h4-6,8-13,20H,3,7,14-19H2,1-2H3,(H,30,34)/t20-/m1/s1. The fourth-order valence-electron chi connectivity index (χ4n) is 4.30. The molecule has 1 aliphatic rings. The minimum atomic E-state index is -0.346. The van der Waals surface area contributed by atoms with Crippen LogP contribution in [0.5, 0.6) is 0 Å². The van der Waals surface area contributed by atoms with Crippen LogP contribution in [0.1, 0.15) is 42.1 Å². The van der Waals surface area contributed by atoms with Crippen molar-refractivity contribution in [1.29, 1.82) is 0 Å². The van der Waals surface area contributed by atoms with Crippen molar-refractivity contribution in [2.45, 2.75) is 39.3 Å². The largest absolute Gasteiger partial charge is 0.445 e. The van der Waals surface area contributed by atoms with E-state index < -0.39 is 0 Å². The fraction of sp³-hybridized carbons (Fsp3) is 0.393. The lowest BCUT2D eigenvalue weighted by Crippen LogP contribution is -2.52. The molecule has 1 aliphatic heterocycles. The predicted molar refractivity (Wildman–Crippen MR) is 137 cm³/mol. The van der Waals surface area contributed by atoms with Crippen molar-refractivity contribution < 1.29 is 23.1 Å². The van der Waals surface area contributed by atoms with Gasteiger partial charge in [0.25, 0.3) is 5.91 Å². The van der Waals surface area contributed by atoms with Gasteiger partial charge in [-0.15, -0.1) is 0 Å². The summed E-state index contributed by atoms with van der Waals surface area (Å²) in [5.74, 6) is -0.170. The average Bonchev–Trinajstić information content (AvgIpc) is 3.33. The number of hydrogen-bond acceptors (Lipinski definition) is 6. The Morgan fingerprint density at radius 3 is 2.46 bits per heavy atom. The Balaban J connectivity index is 1.27. The van der Waals surface area contributed by atoms with E-state index in [-0.39, 0.29) is 36.2 Å². The SMILES string of the molecule is CCCc1nc(-c2ccc(F)cc2)oc1C(=O)N[C@H](C)CN1CCN(C(=O)OCc2ccccc2)CC1. The van der Waals surface area contributed by atoms with Gasteiger partial charge in [0, 0.05) is 44.3 Å². The lowest BCUT2D eigenvalue weighted by atomic mass is 10.2. The maximum absolute atomic E-state index is 13.3. The molecule has 0 saturated carbocycles. The smallest absolute Gasteiger partial charge is 0.410 e. The summed E-state index contributed by atoms with van der Waals surface area (Å²) in [5.41, 5.74) is 2.16. The number of amides is 2. The van der Waals surface area contributed by atoms with Crippen molar-refractivity contribution >= 4 is 12.0 Å². The molecule has 2 heterocycles. The van der Waals surface area contributed by atoms with Crippen LogP contribution in [0, 0.1) is 5.82 Å². The summed E-state index contributed by atoms with van der Waals surface area (Å²) >= 11 is 0. The molecule has 0 radical (unpaired) electrons. The van der Waals surface area contributed by atoms with Crippen LogP contribution in [0.3, 0.4) is 0 Å². The third kappa shape index (κ3) is 7.16. The number of piperazine rings is 1. The molecular formula is C28H33FN4O4. The highest BCUT2D eigenvalue weighted by atomic mass is 19.1. The molecule has 1 atom stereocenters. The Morgan fingerprint density at radius 1 is 1.08 bits per heavy atom. The Morgan fingerprint density at radius 2 is 1.78 bits per heavy atom. The van der Waals surface area contributed by atoms with Crippen LogP contribution < -0.4 is 5.32 Å². The summed E-state index contributed by atoms with van der Waals surface area (Å²) in [6.07, 6.45) is 1.10. The van der Waals surface area contributed by atoms with Crippen LogP contribution in [-0.4, -0.2) is 65.5 Å². The number of benzene rings is 2. The number of carbonyl (C=O) groups excluding carboxylic acids is 2. The van der Waals surface area contributed by atoms with Gasteiger partial charge in [0.1, 0.15) is 12.4 Å². The Kier molecular flexibility index (Phi) is 8.90. The van der Waals surface area contributed by atoms with E-state index in [4.69, 9.17) is 9.15 Å². The van der Waals surface area contributed by atoms with Crippen molar-refractivity contribution in [3.63, 3.8) is 0 Å². The van der Waals surface area contributed by atoms with E-state index in [1.165, 1.54) is 12.1 Å². The van der Waals surface area contributed by atoms with Crippen LogP contribution in [-0.2, 0) is 17.8 Å². The van der Waals surface area contributed by atoms with Gasteiger partial charge in [0.15, 0.2) is 0 Å². The quantitative estimate of drug-likeness (QED) is 0.458. The molecule has 2 amide bonds. The lowest BCUT2D eigenvalue weighted by Gasteiger charge is -2.35. The number of ether oxygens (including phenoxy) is 1. The minimum Gasteiger partial charge on any atom is -0.445 e. The van der Waals surface area contributed by atoms with Crippen LogP contribution in [0.2, 0.25) is 0 Å². The maximum Gasteiger partial charge on any atom is 0.410 e. The first-order valence-corrected chi connectivity index (χ1v) is 12.7. The summed E-state index contributed by atoms with van der Waals surface area (Å²) in [4.78, 5) is 33.8. The normalized spacial score (nSPS) is 14.8. The number of hydrogen-bond donors (Lipinski definition) is 1. The van der Waals surface area contributed by atoms with Crippen LogP contribution in [0.15, 0.2) is 59.0 Å². The summed E-state index contributed by atoms with van der Waals surface area (Å²) in [6.45, 7) is 7.37. The van der Waals surface area contributed by atoms with Gasteiger partial charge >= 0.3 is 6.09 Å². The van der Waals surface area contributed by atoms with Crippen molar-refractivity contribution in [3.8, 4) is 11.5 Å². The summed E-state index contributed by atoms with van der Waals surface area (Å²) in [7, 11) is 0. The molecular weight excluding hydrogens is 475 g/mol. The van der Waals surface area contributed by atoms with Crippen LogP contribution in [0.4, 0.5) is 9.18 Å². The predicted octanol–water partition coefficient (Wildman–Crippen LogP) is 4.51. The van der Waals surface area contributed by atoms with Gasteiger partial charge in [-0.25, -0.2) is 14.2 Å². The number of nitrogens with zero attached hydrogens (tertiary/aromatic N) is 3. The number of aromatic nitrogens is 1. The van der Waals surface area contributed by atoms with Gasteiger partial charge in [-0.3, -0.25) is 9.69 Å². The summed E-state index contributed by atoms with van der Waals surface area (Å²) in [6, 6.07) is 15.3. The van der Waals surface area contributed by atoms with Crippen molar-refractivity contribution in [1.82, 2.24) is 20.1 Å². The molecule has 9 heteroatoms. The third-order valence-electron chi connectivity index (χ3n) is 6.23. The first kappa shape index (κ1) is 26.3.